The zero-order chi connectivity index (χ0) is 94.7. The van der Waals surface area contributed by atoms with Crippen LogP contribution in [0.1, 0.15) is 140 Å². The topological polar surface area (TPSA) is 662 Å². The van der Waals surface area contributed by atoms with E-state index in [-0.39, 0.29) is 39.8 Å². The quantitative estimate of drug-likeness (QED) is 0.0476. The minimum absolute atomic E-state index is 0.0272. The molecule has 7 aromatic carbocycles. The van der Waals surface area contributed by atoms with Crippen molar-refractivity contribution in [1.29, 1.82) is 0 Å². The number of halogens is 2. The lowest BCUT2D eigenvalue weighted by Gasteiger charge is -2.44. The van der Waals surface area contributed by atoms with Gasteiger partial charge in [-0.2, -0.15) is 0 Å². The first-order chi connectivity index (χ1) is 63.0. The van der Waals surface area contributed by atoms with E-state index >= 15 is 24.0 Å². The average molecular weight is 1880 g/mol. The molecule has 23 atom stereocenters. The van der Waals surface area contributed by atoms with Crippen molar-refractivity contribution in [3.8, 4) is 80.1 Å². The number of aliphatic hydroxyl groups is 10. The molecule has 0 unspecified atom stereocenters. The van der Waals surface area contributed by atoms with Crippen LogP contribution in [0.4, 0.5) is 0 Å². The van der Waals surface area contributed by atoms with Gasteiger partial charge in [-0.15, -0.1) is 0 Å². The lowest BCUT2D eigenvalue weighted by molar-refractivity contribution is -0.284. The van der Waals surface area contributed by atoms with Crippen LogP contribution in [0, 0.1) is 0 Å². The number of aliphatic carboxylic acids is 1. The Hall–Kier alpha value is -12.1. The Morgan fingerprint density at radius 3 is 1.66 bits per heavy atom. The normalized spacial score (nSPS) is 28.9. The van der Waals surface area contributed by atoms with Crippen molar-refractivity contribution in [2.75, 3.05) is 19.8 Å². The second-order valence-corrected chi connectivity index (χ2v) is 33.5. The number of amides is 8. The minimum Gasteiger partial charge on any atom is -0.508 e. The van der Waals surface area contributed by atoms with Gasteiger partial charge in [0.1, 0.15) is 156 Å². The first kappa shape index (κ1) is 96.0. The van der Waals surface area contributed by atoms with Crippen LogP contribution in [0.25, 0.3) is 11.1 Å². The second kappa shape index (κ2) is 41.0. The Balaban J connectivity index is 1.04. The number of carboxylic acids is 1. The molecule has 132 heavy (non-hydrogen) atoms. The Morgan fingerprint density at radius 2 is 1.03 bits per heavy atom. The summed E-state index contributed by atoms with van der Waals surface area (Å²) in [5.74, 6) is -19.5. The molecule has 16 rings (SSSR count). The summed E-state index contributed by atoms with van der Waals surface area (Å²) in [6, 6.07) is 0.681. The number of carbonyl (C=O) groups excluding carboxylic acids is 8. The van der Waals surface area contributed by atoms with Crippen molar-refractivity contribution in [3.63, 3.8) is 0 Å². The maximum absolute atomic E-state index is 17.0. The Labute approximate surface area is 759 Å². The molecule has 17 bridgehead atoms. The van der Waals surface area contributed by atoms with Crippen LogP contribution in [0.2, 0.25) is 10.0 Å². The summed E-state index contributed by atoms with van der Waals surface area (Å²) in [5.41, 5.74) is 2.79. The number of aromatic hydroxyl groups is 4. The molecular formula is C88H97Cl2N9O33. The molecule has 0 aliphatic carbocycles. The third-order valence-corrected chi connectivity index (χ3v) is 24.0. The number of carboxylic acid groups (broad SMARTS) is 1. The van der Waals surface area contributed by atoms with E-state index in [0.717, 1.165) is 124 Å². The van der Waals surface area contributed by atoms with Crippen molar-refractivity contribution in [2.24, 2.45) is 5.73 Å². The van der Waals surface area contributed by atoms with Crippen molar-refractivity contribution in [3.05, 3.63) is 164 Å². The molecule has 3 saturated heterocycles. The number of phenols is 4. The molecule has 9 heterocycles. The monoisotopic (exact) mass is 1880 g/mol. The van der Waals surface area contributed by atoms with Crippen molar-refractivity contribution in [2.45, 2.75) is 212 Å². The highest BCUT2D eigenvalue weighted by molar-refractivity contribution is 6.32. The van der Waals surface area contributed by atoms with Gasteiger partial charge < -0.3 is 167 Å². The van der Waals surface area contributed by atoms with Gasteiger partial charge in [0.25, 0.3) is 0 Å². The summed E-state index contributed by atoms with van der Waals surface area (Å²) >= 11 is 14.7. The van der Waals surface area contributed by atoms with E-state index in [2.05, 4.69) is 49.5 Å². The fourth-order valence-electron chi connectivity index (χ4n) is 16.5. The predicted octanol–water partition coefficient (Wildman–Crippen LogP) is 1.16. The number of fused-ring (bicyclic) bond motifs is 14. The Kier molecular flexibility index (Phi) is 29.8. The van der Waals surface area contributed by atoms with E-state index in [1.54, 1.807) is 0 Å². The molecule has 0 aromatic heterocycles. The zero-order valence-electron chi connectivity index (χ0n) is 70.1. The largest absolute Gasteiger partial charge is 0.508 e. The minimum atomic E-state index is -2.59. The number of rotatable bonds is 20. The first-order valence-electron chi connectivity index (χ1n) is 42.1. The van der Waals surface area contributed by atoms with E-state index in [9.17, 15) is 95.8 Å². The lowest BCUT2D eigenvalue weighted by Crippen LogP contribution is -2.65. The second-order valence-electron chi connectivity index (χ2n) is 32.7. The maximum atomic E-state index is 17.0. The molecule has 0 spiro atoms. The molecule has 0 radical (unpaired) electrons. The predicted molar refractivity (Wildman–Crippen MR) is 453 cm³/mol. The number of benzene rings is 7. The maximum Gasteiger partial charge on any atom is 0.330 e. The van der Waals surface area contributed by atoms with Crippen LogP contribution >= 0.6 is 23.2 Å². The number of hydrogen-bond donors (Lipinski definition) is 24. The molecule has 706 valence electrons. The molecule has 25 N–H and O–H groups in total. The van der Waals surface area contributed by atoms with E-state index < -0.39 is 316 Å². The third kappa shape index (κ3) is 20.7. The van der Waals surface area contributed by atoms with Gasteiger partial charge in [0.15, 0.2) is 35.3 Å². The summed E-state index contributed by atoms with van der Waals surface area (Å²) < 4.78 is 57.5. The summed E-state index contributed by atoms with van der Waals surface area (Å²) in [4.78, 5) is 138. The highest BCUT2D eigenvalue weighted by Crippen LogP contribution is 2.51. The van der Waals surface area contributed by atoms with Crippen molar-refractivity contribution >= 4 is 76.4 Å². The third-order valence-electron chi connectivity index (χ3n) is 23.5. The van der Waals surface area contributed by atoms with Crippen LogP contribution in [0.15, 0.2) is 115 Å². The molecule has 0 saturated carbocycles. The van der Waals surface area contributed by atoms with E-state index in [0.29, 0.717) is 12.8 Å². The van der Waals surface area contributed by atoms with Gasteiger partial charge in [0, 0.05) is 48.6 Å². The van der Waals surface area contributed by atoms with Crippen LogP contribution < -0.4 is 72.0 Å². The average Bonchev–Trinajstić information content (AvgIpc) is 0.757. The van der Waals surface area contributed by atoms with Gasteiger partial charge in [-0.05, 0) is 119 Å². The van der Waals surface area contributed by atoms with Crippen LogP contribution in [0.3, 0.4) is 0 Å². The zero-order valence-corrected chi connectivity index (χ0v) is 71.6. The van der Waals surface area contributed by atoms with Gasteiger partial charge in [-0.3, -0.25) is 38.4 Å². The highest BCUT2D eigenvalue weighted by atomic mass is 35.5. The van der Waals surface area contributed by atoms with E-state index in [1.807, 2.05) is 0 Å². The van der Waals surface area contributed by atoms with Gasteiger partial charge >= 0.3 is 5.97 Å². The van der Waals surface area contributed by atoms with E-state index in [1.165, 1.54) is 30.3 Å². The number of phenolic OH excluding ortho intramolecular Hbond substituents is 4. The number of unbranched alkanes of at least 4 members (excludes halogenated alkanes) is 6. The summed E-state index contributed by atoms with van der Waals surface area (Å²) in [7, 11) is 0. The number of carbonyl (C=O) groups is 9. The fraction of sp³-hybridized carbons (Fsp3) is 0.420. The van der Waals surface area contributed by atoms with E-state index in [4.69, 9.17) is 71.6 Å². The number of hydrogen-bond acceptors (Lipinski definition) is 33. The smallest absolute Gasteiger partial charge is 0.330 e. The lowest BCUT2D eigenvalue weighted by atomic mass is 9.89. The molecule has 8 amide bonds. The fourth-order valence-corrected chi connectivity index (χ4v) is 17.0. The summed E-state index contributed by atoms with van der Waals surface area (Å²) in [5, 5.41) is 190. The molecule has 44 heteroatoms. The molecular weight excluding hydrogens is 1780 g/mol. The number of nitrogens with one attached hydrogen (secondary N) is 8. The SMILES string of the molecule is CCCCCCCCCC(=O)N[C@H]1[C@H](Oc2c3cc4cc2Oc2ccc(cc2Cl)[C@@H](O[C@@H]2O[C@H](CO)[C@@H](O)[C@H](O)[C@H]2NC(C)=O)[C@@H]2NC(=O)[C@H](NC(=O)[C@@H]4NC(=O)[C@H]4NC(=O)[C@H](Cc5ccc(c(Cl)c5)O3)NC(=O)[C@H](N)c3ccc(O)c(c3)Oc3cc(O)cc4c3)c3ccc(O)c(c3)-c3c(O[C@H]4O[C@H](CO)[C@@H](O)[C@H](O)[C@@H]4O)cc(O)cc3[C@@H](C(=O)O)NC2=O)O[C@H](CO)[C@@H](O)[C@@H]1O. The van der Waals surface area contributed by atoms with Gasteiger partial charge in [0.05, 0.1) is 29.9 Å². The molecule has 3 fully saturated rings. The molecule has 9 aliphatic rings. The molecule has 9 aliphatic heterocycles. The Morgan fingerprint density at radius 1 is 0.485 bits per heavy atom. The summed E-state index contributed by atoms with van der Waals surface area (Å²) in [6.45, 7) is -0.110. The van der Waals surface area contributed by atoms with Gasteiger partial charge in [0.2, 0.25) is 65.6 Å². The standard InChI is InChI=1S/C88H97Cl2N9O33/c1-3-4-5-6-7-8-9-10-60(108)94-68-74(113)71(110)58(32-101)129-87(68)132-78-55-26-40-27-56(78)126-52-18-14-38(24-47(52)90)77(131-86-67(92-34(2)103)73(112)70(109)57(31-100)128-86)69-84(121)98-66(85(122)123)45-29-42(105)30-54(127-88-76(115)75(114)72(111)59(33-102)130-88)61(45)44-23-37(13-15-49(44)106)63(81(118)99-69)96-83(120)65(40)97-82(119)64-39-21-41(104)28-43(22-39)124-53-25-36(12-16-50(53)107)62(91)80(117)93-48(79(116)95-64)20-35-11-17-51(125-55)46(89)19-35/h11-19,21-30,48,57-59,62-77,86-88,100-102,104-107,109-115H,3-10,20,31-33,91H2,1-2H3,(H,92,103)(H,93,117)(H,94,108)(H,95,116)(H,96,120)(H,97,119)(H,98,121)(H,99,118)(H,122,123)/t48-,57+,58+,59+,62+,63+,64-,65+,66-,67+,68+,69-,70+,71+,72+,73+,74+,75-,76-,77+,86-,87-,88-/m0/s1. The van der Waals surface area contributed by atoms with Crippen molar-refractivity contribution in [1.82, 2.24) is 42.5 Å². The number of aliphatic hydroxyl groups excluding tert-OH is 10. The first-order valence-corrected chi connectivity index (χ1v) is 42.9. The number of ether oxygens (including phenoxy) is 9. The van der Waals surface area contributed by atoms with Crippen LogP contribution in [0.5, 0.6) is 69.0 Å². The van der Waals surface area contributed by atoms with Crippen LogP contribution in [-0.4, -0.2) is 254 Å². The highest BCUT2D eigenvalue weighted by Gasteiger charge is 2.52. The van der Waals surface area contributed by atoms with Crippen LogP contribution in [-0.2, 0) is 68.5 Å². The Bertz CT molecular complexity index is 5540. The van der Waals surface area contributed by atoms with Gasteiger partial charge in [-0.25, -0.2) is 4.79 Å². The van der Waals surface area contributed by atoms with Crippen molar-refractivity contribution < 1.29 is 162 Å². The van der Waals surface area contributed by atoms with Gasteiger partial charge in [-0.1, -0.05) is 92.9 Å². The molecule has 7 aromatic rings. The number of nitrogens with two attached hydrogens (primary N) is 1. The summed E-state index contributed by atoms with van der Waals surface area (Å²) in [6.07, 6.45) is -23.8. The molecule has 42 nitrogen and oxygen atoms in total.